The van der Waals surface area contributed by atoms with Crippen LogP contribution in [0.4, 0.5) is 4.39 Å². The summed E-state index contributed by atoms with van der Waals surface area (Å²) in [6.45, 7) is 1.67. The minimum Gasteiger partial charge on any atom is -0.508 e. The Labute approximate surface area is 92.8 Å². The van der Waals surface area contributed by atoms with Crippen LogP contribution < -0.4 is 5.73 Å². The Morgan fingerprint density at radius 3 is 2.75 bits per heavy atom. The molecule has 0 heterocycles. The molecule has 0 aliphatic rings. The zero-order valence-corrected chi connectivity index (χ0v) is 8.89. The number of carbonyl (C=O) groups is 1. The highest BCUT2D eigenvalue weighted by Crippen LogP contribution is 2.26. The predicted molar refractivity (Wildman–Crippen MR) is 56.6 cm³/mol. The SMILES string of the molecule is CCOC(=O)C(F)[C@@H](N)c1ccccc1O. The molecule has 1 aromatic carbocycles. The smallest absolute Gasteiger partial charge is 0.342 e. The molecule has 0 bridgehead atoms. The summed E-state index contributed by atoms with van der Waals surface area (Å²) in [5, 5.41) is 9.44. The fourth-order valence-corrected chi connectivity index (χ4v) is 1.30. The molecule has 2 atom stereocenters. The molecule has 3 N–H and O–H groups in total. The average Bonchev–Trinajstić information content (AvgIpc) is 2.28. The Morgan fingerprint density at radius 2 is 2.19 bits per heavy atom. The molecular formula is C11H14FNO3. The fraction of sp³-hybridized carbons (Fsp3) is 0.364. The van der Waals surface area contributed by atoms with Gasteiger partial charge in [0.15, 0.2) is 0 Å². The first-order chi connectivity index (χ1) is 7.57. The third-order valence-electron chi connectivity index (χ3n) is 2.12. The summed E-state index contributed by atoms with van der Waals surface area (Å²) in [5.74, 6) is -1.15. The highest BCUT2D eigenvalue weighted by Gasteiger charge is 2.29. The molecule has 1 rings (SSSR count). The molecule has 5 heteroatoms. The minimum atomic E-state index is -1.98. The van der Waals surface area contributed by atoms with Gasteiger partial charge in [-0.2, -0.15) is 0 Å². The third-order valence-corrected chi connectivity index (χ3v) is 2.12. The number of benzene rings is 1. The van der Waals surface area contributed by atoms with Crippen molar-refractivity contribution in [2.24, 2.45) is 5.73 Å². The van der Waals surface area contributed by atoms with Crippen LogP contribution in [0.1, 0.15) is 18.5 Å². The number of phenolic OH excluding ortho intramolecular Hbond substituents is 1. The maximum atomic E-state index is 13.5. The molecule has 0 aliphatic carbocycles. The summed E-state index contributed by atoms with van der Waals surface area (Å²) in [6.07, 6.45) is -1.98. The predicted octanol–water partition coefficient (Wildman–Crippen LogP) is 1.29. The van der Waals surface area contributed by atoms with Crippen molar-refractivity contribution in [2.45, 2.75) is 19.1 Å². The van der Waals surface area contributed by atoms with Crippen LogP contribution in [0.25, 0.3) is 0 Å². The summed E-state index contributed by atoms with van der Waals surface area (Å²) in [4.78, 5) is 11.1. The van der Waals surface area contributed by atoms with Crippen molar-refractivity contribution < 1.29 is 19.0 Å². The lowest BCUT2D eigenvalue weighted by molar-refractivity contribution is -0.149. The second kappa shape index (κ2) is 5.46. The highest BCUT2D eigenvalue weighted by atomic mass is 19.1. The Morgan fingerprint density at radius 1 is 1.56 bits per heavy atom. The number of esters is 1. The Balaban J connectivity index is 2.82. The molecule has 0 saturated heterocycles. The van der Waals surface area contributed by atoms with Gasteiger partial charge >= 0.3 is 5.97 Å². The van der Waals surface area contributed by atoms with Crippen LogP contribution in [0.2, 0.25) is 0 Å². The summed E-state index contributed by atoms with van der Waals surface area (Å²) in [7, 11) is 0. The number of carbonyl (C=O) groups excluding carboxylic acids is 1. The number of hydrogen-bond acceptors (Lipinski definition) is 4. The van der Waals surface area contributed by atoms with Gasteiger partial charge in [-0.05, 0) is 13.0 Å². The molecule has 1 aromatic rings. The molecule has 88 valence electrons. The molecule has 0 aliphatic heterocycles. The maximum Gasteiger partial charge on any atom is 0.342 e. The molecule has 0 aromatic heterocycles. The summed E-state index contributed by atoms with van der Waals surface area (Å²) < 4.78 is 18.0. The fourth-order valence-electron chi connectivity index (χ4n) is 1.30. The molecule has 0 amide bonds. The van der Waals surface area contributed by atoms with E-state index in [9.17, 15) is 14.3 Å². The first-order valence-electron chi connectivity index (χ1n) is 4.92. The topological polar surface area (TPSA) is 72.5 Å². The second-order valence-corrected chi connectivity index (χ2v) is 3.24. The first kappa shape index (κ1) is 12.4. The largest absolute Gasteiger partial charge is 0.508 e. The number of ether oxygens (including phenoxy) is 1. The van der Waals surface area contributed by atoms with Gasteiger partial charge < -0.3 is 15.6 Å². The van der Waals surface area contributed by atoms with E-state index < -0.39 is 18.2 Å². The molecule has 0 saturated carbocycles. The van der Waals surface area contributed by atoms with E-state index in [1.807, 2.05) is 0 Å². The average molecular weight is 227 g/mol. The van der Waals surface area contributed by atoms with Crippen molar-refractivity contribution in [2.75, 3.05) is 6.61 Å². The van der Waals surface area contributed by atoms with Crippen molar-refractivity contribution in [3.8, 4) is 5.75 Å². The monoisotopic (exact) mass is 227 g/mol. The van der Waals surface area contributed by atoms with Gasteiger partial charge in [0.05, 0.1) is 12.6 Å². The van der Waals surface area contributed by atoms with Crippen LogP contribution in [0.5, 0.6) is 5.75 Å². The lowest BCUT2D eigenvalue weighted by Crippen LogP contribution is -2.31. The summed E-state index contributed by atoms with van der Waals surface area (Å²) in [5.41, 5.74) is 5.72. The number of nitrogens with two attached hydrogens (primary N) is 1. The number of halogens is 1. The number of hydrogen-bond donors (Lipinski definition) is 2. The first-order valence-corrected chi connectivity index (χ1v) is 4.92. The van der Waals surface area contributed by atoms with Gasteiger partial charge in [-0.25, -0.2) is 9.18 Å². The van der Waals surface area contributed by atoms with Crippen molar-refractivity contribution in [3.05, 3.63) is 29.8 Å². The minimum absolute atomic E-state index is 0.0900. The molecule has 0 radical (unpaired) electrons. The van der Waals surface area contributed by atoms with E-state index in [-0.39, 0.29) is 17.9 Å². The van der Waals surface area contributed by atoms with Crippen molar-refractivity contribution in [1.29, 1.82) is 0 Å². The molecular weight excluding hydrogens is 213 g/mol. The molecule has 0 spiro atoms. The van der Waals surface area contributed by atoms with E-state index in [1.54, 1.807) is 19.1 Å². The zero-order valence-electron chi connectivity index (χ0n) is 8.89. The van der Waals surface area contributed by atoms with Gasteiger partial charge in [-0.3, -0.25) is 0 Å². The van der Waals surface area contributed by atoms with Gasteiger partial charge in [-0.15, -0.1) is 0 Å². The van der Waals surface area contributed by atoms with E-state index in [0.29, 0.717) is 0 Å². The molecule has 4 nitrogen and oxygen atoms in total. The van der Waals surface area contributed by atoms with Gasteiger partial charge in [-0.1, -0.05) is 18.2 Å². The summed E-state index contributed by atoms with van der Waals surface area (Å²) >= 11 is 0. The normalized spacial score (nSPS) is 14.2. The van der Waals surface area contributed by atoms with Crippen molar-refractivity contribution in [3.63, 3.8) is 0 Å². The molecule has 0 fully saturated rings. The van der Waals surface area contributed by atoms with Crippen LogP contribution >= 0.6 is 0 Å². The zero-order chi connectivity index (χ0) is 12.1. The van der Waals surface area contributed by atoms with E-state index in [1.165, 1.54) is 12.1 Å². The Hall–Kier alpha value is -1.62. The van der Waals surface area contributed by atoms with E-state index in [4.69, 9.17) is 5.73 Å². The van der Waals surface area contributed by atoms with E-state index >= 15 is 0 Å². The molecule has 16 heavy (non-hydrogen) atoms. The summed E-state index contributed by atoms with van der Waals surface area (Å²) in [6, 6.07) is 4.81. The van der Waals surface area contributed by atoms with Crippen LogP contribution in [0, 0.1) is 0 Å². The van der Waals surface area contributed by atoms with Crippen molar-refractivity contribution >= 4 is 5.97 Å². The van der Waals surface area contributed by atoms with Gasteiger partial charge in [0.1, 0.15) is 5.75 Å². The van der Waals surface area contributed by atoms with Gasteiger partial charge in [0, 0.05) is 5.56 Å². The Kier molecular flexibility index (Phi) is 4.25. The lowest BCUT2D eigenvalue weighted by Gasteiger charge is -2.16. The van der Waals surface area contributed by atoms with Crippen molar-refractivity contribution in [1.82, 2.24) is 0 Å². The van der Waals surface area contributed by atoms with Crippen LogP contribution in [0.3, 0.4) is 0 Å². The van der Waals surface area contributed by atoms with E-state index in [0.717, 1.165) is 0 Å². The van der Waals surface area contributed by atoms with Gasteiger partial charge in [0.25, 0.3) is 0 Å². The number of phenols is 1. The van der Waals surface area contributed by atoms with E-state index in [2.05, 4.69) is 4.74 Å². The maximum absolute atomic E-state index is 13.5. The second-order valence-electron chi connectivity index (χ2n) is 3.24. The van der Waals surface area contributed by atoms with Gasteiger partial charge in [0.2, 0.25) is 6.17 Å². The quantitative estimate of drug-likeness (QED) is 0.760. The Bertz CT molecular complexity index is 370. The van der Waals surface area contributed by atoms with Crippen LogP contribution in [0.15, 0.2) is 24.3 Å². The number of para-hydroxylation sites is 1. The highest BCUT2D eigenvalue weighted by molar-refractivity contribution is 5.76. The van der Waals surface area contributed by atoms with Crippen LogP contribution in [-0.2, 0) is 9.53 Å². The number of alkyl halides is 1. The number of rotatable bonds is 4. The lowest BCUT2D eigenvalue weighted by atomic mass is 10.0. The molecule has 1 unspecified atom stereocenters. The van der Waals surface area contributed by atoms with Crippen LogP contribution in [-0.4, -0.2) is 23.9 Å². The third kappa shape index (κ3) is 2.70. The number of aromatic hydroxyl groups is 1. The standard InChI is InChI=1S/C11H14FNO3/c1-2-16-11(15)9(12)10(13)7-5-3-4-6-8(7)14/h3-6,9-10,14H,2,13H2,1H3/t9?,10-/m0/s1.